The molecule has 1 aromatic rings. The number of rotatable bonds is 7. The molecule has 0 bridgehead atoms. The van der Waals surface area contributed by atoms with Crippen LogP contribution in [0, 0.1) is 0 Å². The van der Waals surface area contributed by atoms with Crippen molar-refractivity contribution in [2.75, 3.05) is 26.2 Å². The van der Waals surface area contributed by atoms with Crippen LogP contribution in [0.15, 0.2) is 24.3 Å². The first kappa shape index (κ1) is 16.8. The second-order valence-corrected chi connectivity index (χ2v) is 6.32. The summed E-state index contributed by atoms with van der Waals surface area (Å²) in [7, 11) is 0. The molecule has 2 rings (SSSR count). The van der Waals surface area contributed by atoms with Crippen LogP contribution in [-0.4, -0.2) is 37.2 Å². The van der Waals surface area contributed by atoms with Gasteiger partial charge in [-0.25, -0.2) is 0 Å². The molecule has 2 atom stereocenters. The Hall–Kier alpha value is -0.610. The van der Waals surface area contributed by atoms with Crippen molar-refractivity contribution in [1.82, 2.24) is 4.90 Å². The molecule has 1 fully saturated rings. The van der Waals surface area contributed by atoms with Crippen LogP contribution in [0.2, 0.25) is 5.02 Å². The lowest BCUT2D eigenvalue weighted by molar-refractivity contribution is -0.000625. The number of hydrogen-bond donors (Lipinski definition) is 1. The highest BCUT2D eigenvalue weighted by atomic mass is 35.5. The first-order chi connectivity index (χ1) is 10.2. The topological polar surface area (TPSA) is 38.5 Å². The molecule has 0 radical (unpaired) electrons. The molecule has 1 saturated heterocycles. The van der Waals surface area contributed by atoms with E-state index < -0.39 is 0 Å². The van der Waals surface area contributed by atoms with Gasteiger partial charge < -0.3 is 15.4 Å². The Bertz CT molecular complexity index is 427. The fourth-order valence-electron chi connectivity index (χ4n) is 2.86. The summed E-state index contributed by atoms with van der Waals surface area (Å²) < 4.78 is 5.88. The van der Waals surface area contributed by atoms with Crippen molar-refractivity contribution in [2.24, 2.45) is 5.73 Å². The van der Waals surface area contributed by atoms with Crippen LogP contribution in [0.3, 0.4) is 0 Å². The average molecular weight is 311 g/mol. The zero-order valence-electron chi connectivity index (χ0n) is 12.9. The normalized spacial score (nSPS) is 21.4. The van der Waals surface area contributed by atoms with Crippen LogP contribution in [0.25, 0.3) is 0 Å². The molecule has 3 nitrogen and oxygen atoms in total. The van der Waals surface area contributed by atoms with Crippen LogP contribution in [0.1, 0.15) is 44.2 Å². The second-order valence-electron chi connectivity index (χ2n) is 5.89. The van der Waals surface area contributed by atoms with E-state index in [1.807, 2.05) is 18.2 Å². The largest absolute Gasteiger partial charge is 0.377 e. The zero-order valence-corrected chi connectivity index (χ0v) is 13.7. The standard InChI is InChI=1S/C17H27ClN2O/c1-2-11-21-16-7-4-9-20(13-16)10-8-17(19)14-5-3-6-15(18)12-14/h3,5-6,12,16-17H,2,4,7-11,13,19H2,1H3. The molecule has 2 unspecified atom stereocenters. The lowest BCUT2D eigenvalue weighted by Crippen LogP contribution is -2.40. The first-order valence-electron chi connectivity index (χ1n) is 8.04. The van der Waals surface area contributed by atoms with Crippen molar-refractivity contribution >= 4 is 11.6 Å². The fourth-order valence-corrected chi connectivity index (χ4v) is 3.06. The van der Waals surface area contributed by atoms with Gasteiger partial charge in [-0.3, -0.25) is 0 Å². The predicted octanol–water partition coefficient (Wildman–Crippen LogP) is 3.62. The van der Waals surface area contributed by atoms with Gasteiger partial charge in [-0.05, 0) is 49.9 Å². The molecule has 118 valence electrons. The number of hydrogen-bond acceptors (Lipinski definition) is 3. The Labute approximate surface area is 133 Å². The maximum Gasteiger partial charge on any atom is 0.0702 e. The molecule has 0 amide bonds. The lowest BCUT2D eigenvalue weighted by atomic mass is 10.0. The fraction of sp³-hybridized carbons (Fsp3) is 0.647. The van der Waals surface area contributed by atoms with E-state index in [2.05, 4.69) is 17.9 Å². The number of benzene rings is 1. The molecule has 0 aliphatic carbocycles. The van der Waals surface area contributed by atoms with E-state index in [4.69, 9.17) is 22.1 Å². The van der Waals surface area contributed by atoms with Crippen LogP contribution in [0.5, 0.6) is 0 Å². The molecule has 1 aromatic carbocycles. The van der Waals surface area contributed by atoms with Crippen molar-refractivity contribution in [3.8, 4) is 0 Å². The number of ether oxygens (including phenoxy) is 1. The number of halogens is 1. The Morgan fingerprint density at radius 2 is 2.33 bits per heavy atom. The van der Waals surface area contributed by atoms with Gasteiger partial charge in [-0.2, -0.15) is 0 Å². The molecule has 4 heteroatoms. The van der Waals surface area contributed by atoms with Crippen LogP contribution >= 0.6 is 11.6 Å². The summed E-state index contributed by atoms with van der Waals surface area (Å²) in [5, 5.41) is 0.758. The number of likely N-dealkylation sites (tertiary alicyclic amines) is 1. The SMILES string of the molecule is CCCOC1CCCN(CCC(N)c2cccc(Cl)c2)C1. The van der Waals surface area contributed by atoms with Crippen molar-refractivity contribution in [1.29, 1.82) is 0 Å². The number of nitrogens with two attached hydrogens (primary N) is 1. The van der Waals surface area contributed by atoms with Gasteiger partial charge >= 0.3 is 0 Å². The molecule has 0 spiro atoms. The Kier molecular flexibility index (Phi) is 6.97. The van der Waals surface area contributed by atoms with Gasteiger partial charge in [0.1, 0.15) is 0 Å². The minimum atomic E-state index is 0.0561. The molecule has 1 heterocycles. The van der Waals surface area contributed by atoms with Crippen LogP contribution in [-0.2, 0) is 4.74 Å². The van der Waals surface area contributed by atoms with E-state index >= 15 is 0 Å². The molecule has 1 aliphatic rings. The Morgan fingerprint density at radius 3 is 3.10 bits per heavy atom. The molecular formula is C17H27ClN2O. The third-order valence-corrected chi connectivity index (χ3v) is 4.29. The van der Waals surface area contributed by atoms with E-state index in [1.165, 1.54) is 12.8 Å². The zero-order chi connectivity index (χ0) is 15.1. The van der Waals surface area contributed by atoms with E-state index in [-0.39, 0.29) is 6.04 Å². The number of piperidine rings is 1. The number of nitrogens with zero attached hydrogens (tertiary/aromatic N) is 1. The third-order valence-electron chi connectivity index (χ3n) is 4.05. The summed E-state index contributed by atoms with van der Waals surface area (Å²) in [5.41, 5.74) is 7.40. The van der Waals surface area contributed by atoms with Gasteiger partial charge in [0.05, 0.1) is 6.10 Å². The van der Waals surface area contributed by atoms with Gasteiger partial charge in [0, 0.05) is 30.8 Å². The summed E-state index contributed by atoms with van der Waals surface area (Å²) in [4.78, 5) is 2.48. The summed E-state index contributed by atoms with van der Waals surface area (Å²) in [6.45, 7) is 6.27. The lowest BCUT2D eigenvalue weighted by Gasteiger charge is -2.33. The minimum Gasteiger partial charge on any atom is -0.377 e. The average Bonchev–Trinajstić information content (AvgIpc) is 2.51. The van der Waals surface area contributed by atoms with E-state index in [0.717, 1.165) is 49.7 Å². The smallest absolute Gasteiger partial charge is 0.0702 e. The Morgan fingerprint density at radius 1 is 1.48 bits per heavy atom. The highest BCUT2D eigenvalue weighted by Crippen LogP contribution is 2.20. The van der Waals surface area contributed by atoms with Crippen molar-refractivity contribution in [2.45, 2.75) is 44.8 Å². The van der Waals surface area contributed by atoms with Crippen LogP contribution < -0.4 is 5.73 Å². The highest BCUT2D eigenvalue weighted by Gasteiger charge is 2.20. The maximum atomic E-state index is 6.28. The van der Waals surface area contributed by atoms with Gasteiger partial charge in [-0.15, -0.1) is 0 Å². The minimum absolute atomic E-state index is 0.0561. The highest BCUT2D eigenvalue weighted by molar-refractivity contribution is 6.30. The van der Waals surface area contributed by atoms with Gasteiger partial charge in [0.2, 0.25) is 0 Å². The summed E-state index contributed by atoms with van der Waals surface area (Å²) in [6, 6.07) is 7.93. The van der Waals surface area contributed by atoms with E-state index in [9.17, 15) is 0 Å². The van der Waals surface area contributed by atoms with Crippen molar-refractivity contribution < 1.29 is 4.74 Å². The monoisotopic (exact) mass is 310 g/mol. The quantitative estimate of drug-likeness (QED) is 0.836. The van der Waals surface area contributed by atoms with Crippen LogP contribution in [0.4, 0.5) is 0 Å². The van der Waals surface area contributed by atoms with E-state index in [0.29, 0.717) is 6.10 Å². The molecule has 0 saturated carbocycles. The predicted molar refractivity (Wildman–Crippen MR) is 88.7 cm³/mol. The summed E-state index contributed by atoms with van der Waals surface area (Å²) in [6.07, 6.45) is 4.87. The second kappa shape index (κ2) is 8.74. The van der Waals surface area contributed by atoms with Crippen molar-refractivity contribution in [3.05, 3.63) is 34.9 Å². The van der Waals surface area contributed by atoms with E-state index in [1.54, 1.807) is 0 Å². The first-order valence-corrected chi connectivity index (χ1v) is 8.42. The molecule has 1 aliphatic heterocycles. The summed E-state index contributed by atoms with van der Waals surface area (Å²) >= 11 is 6.02. The molecule has 21 heavy (non-hydrogen) atoms. The van der Waals surface area contributed by atoms with Gasteiger partial charge in [0.25, 0.3) is 0 Å². The van der Waals surface area contributed by atoms with Gasteiger partial charge in [-0.1, -0.05) is 30.7 Å². The molecule has 0 aromatic heterocycles. The van der Waals surface area contributed by atoms with Gasteiger partial charge in [0.15, 0.2) is 0 Å². The molecule has 2 N–H and O–H groups in total. The van der Waals surface area contributed by atoms with Crippen molar-refractivity contribution in [3.63, 3.8) is 0 Å². The Balaban J connectivity index is 1.76. The molecular weight excluding hydrogens is 284 g/mol. The maximum absolute atomic E-state index is 6.28. The summed E-state index contributed by atoms with van der Waals surface area (Å²) in [5.74, 6) is 0. The third kappa shape index (κ3) is 5.59.